The van der Waals surface area contributed by atoms with Gasteiger partial charge in [0.05, 0.1) is 0 Å². The molecule has 2 heterocycles. The molecule has 1 aromatic carbocycles. The number of ether oxygens (including phenoxy) is 2. The molecule has 9 heteroatoms. The molecule has 3 aromatic rings. The monoisotopic (exact) mass is 457 g/mol. The molecule has 0 fully saturated rings. The van der Waals surface area contributed by atoms with Crippen molar-refractivity contribution in [1.29, 1.82) is 0 Å². The number of aromatic amines is 1. The van der Waals surface area contributed by atoms with E-state index in [0.29, 0.717) is 12.6 Å². The fourth-order valence-electron chi connectivity index (χ4n) is 3.25. The first-order valence-corrected chi connectivity index (χ1v) is 14.6. The highest BCUT2D eigenvalue weighted by atomic mass is 28.3. The SMILES string of the molecule is Cn1c(COc2ccc(-c3nccn3COCC[Si](C)(C)C)cc2C(C)(C)C)n[nH]c1=O. The maximum absolute atomic E-state index is 11.6. The second-order valence-corrected chi connectivity index (χ2v) is 15.9. The first-order chi connectivity index (χ1) is 15.0. The summed E-state index contributed by atoms with van der Waals surface area (Å²) in [7, 11) is 0.555. The maximum Gasteiger partial charge on any atom is 0.343 e. The largest absolute Gasteiger partial charge is 0.485 e. The van der Waals surface area contributed by atoms with Crippen molar-refractivity contribution in [3.05, 3.63) is 52.5 Å². The number of hydrogen-bond acceptors (Lipinski definition) is 5. The van der Waals surface area contributed by atoms with Crippen LogP contribution in [0, 0.1) is 0 Å². The predicted octanol–water partition coefficient (Wildman–Crippen LogP) is 4.16. The number of imidazole rings is 1. The first-order valence-electron chi connectivity index (χ1n) is 10.9. The van der Waals surface area contributed by atoms with Gasteiger partial charge in [-0.05, 0) is 29.7 Å². The summed E-state index contributed by atoms with van der Waals surface area (Å²) in [5, 5.41) is 6.46. The Balaban J connectivity index is 1.80. The Labute approximate surface area is 190 Å². The van der Waals surface area contributed by atoms with Crippen LogP contribution in [0.15, 0.2) is 35.4 Å². The summed E-state index contributed by atoms with van der Waals surface area (Å²) in [6.45, 7) is 14.9. The van der Waals surface area contributed by atoms with Gasteiger partial charge in [0.1, 0.15) is 24.9 Å². The van der Waals surface area contributed by atoms with E-state index < -0.39 is 8.07 Å². The lowest BCUT2D eigenvalue weighted by atomic mass is 9.85. The fraction of sp³-hybridized carbons (Fsp3) is 0.522. The summed E-state index contributed by atoms with van der Waals surface area (Å²) in [6, 6.07) is 7.24. The third-order valence-electron chi connectivity index (χ3n) is 5.32. The summed E-state index contributed by atoms with van der Waals surface area (Å²) in [6.07, 6.45) is 3.75. The summed E-state index contributed by atoms with van der Waals surface area (Å²) in [4.78, 5) is 16.2. The van der Waals surface area contributed by atoms with Crippen molar-refractivity contribution in [2.75, 3.05) is 6.61 Å². The lowest BCUT2D eigenvalue weighted by Gasteiger charge is -2.24. The second kappa shape index (κ2) is 9.46. The molecule has 0 bridgehead atoms. The van der Waals surface area contributed by atoms with Crippen molar-refractivity contribution in [3.8, 4) is 17.1 Å². The normalized spacial score (nSPS) is 12.3. The highest BCUT2D eigenvalue weighted by Gasteiger charge is 2.22. The van der Waals surface area contributed by atoms with E-state index in [-0.39, 0.29) is 17.7 Å². The topological polar surface area (TPSA) is 87.0 Å². The van der Waals surface area contributed by atoms with E-state index in [2.05, 4.69) is 61.7 Å². The molecule has 0 saturated heterocycles. The fourth-order valence-corrected chi connectivity index (χ4v) is 4.00. The standard InChI is InChI=1S/C23H35N5O3Si/c1-23(2,3)18-14-17(8-9-19(18)31-15-20-25-26-22(29)27(20)4)21-24-10-11-28(21)16-30-12-13-32(5,6)7/h8-11,14H,12-13,15-16H2,1-7H3,(H,26,29). The highest BCUT2D eigenvalue weighted by Crippen LogP contribution is 2.35. The summed E-state index contributed by atoms with van der Waals surface area (Å²) < 4.78 is 15.5. The van der Waals surface area contributed by atoms with Gasteiger partial charge in [-0.2, -0.15) is 5.10 Å². The maximum atomic E-state index is 11.6. The molecule has 0 aliphatic carbocycles. The molecule has 0 atom stereocenters. The zero-order chi connectivity index (χ0) is 23.5. The van der Waals surface area contributed by atoms with Crippen molar-refractivity contribution < 1.29 is 9.47 Å². The zero-order valence-electron chi connectivity index (χ0n) is 20.2. The summed E-state index contributed by atoms with van der Waals surface area (Å²) in [5.41, 5.74) is 1.67. The molecule has 3 rings (SSSR count). The molecular weight excluding hydrogens is 422 g/mol. The lowest BCUT2D eigenvalue weighted by molar-refractivity contribution is 0.0883. The smallest absolute Gasteiger partial charge is 0.343 e. The third kappa shape index (κ3) is 5.98. The number of benzene rings is 1. The molecular formula is C23H35N5O3Si. The Morgan fingerprint density at radius 2 is 1.94 bits per heavy atom. The highest BCUT2D eigenvalue weighted by molar-refractivity contribution is 6.76. The van der Waals surface area contributed by atoms with Crippen LogP contribution < -0.4 is 10.4 Å². The number of hydrogen-bond donors (Lipinski definition) is 1. The van der Waals surface area contributed by atoms with Gasteiger partial charge < -0.3 is 14.0 Å². The summed E-state index contributed by atoms with van der Waals surface area (Å²) >= 11 is 0. The van der Waals surface area contributed by atoms with E-state index in [1.807, 2.05) is 22.9 Å². The molecule has 1 N–H and O–H groups in total. The number of nitrogens with one attached hydrogen (secondary N) is 1. The van der Waals surface area contributed by atoms with Gasteiger partial charge in [-0.25, -0.2) is 14.9 Å². The van der Waals surface area contributed by atoms with Crippen LogP contribution in [-0.4, -0.2) is 39.0 Å². The first kappa shape index (κ1) is 24.0. The van der Waals surface area contributed by atoms with Gasteiger partial charge in [0.2, 0.25) is 0 Å². The molecule has 0 spiro atoms. The molecule has 0 aliphatic rings. The lowest BCUT2D eigenvalue weighted by Crippen LogP contribution is -2.22. The van der Waals surface area contributed by atoms with Crippen LogP contribution in [-0.2, 0) is 30.5 Å². The van der Waals surface area contributed by atoms with E-state index in [4.69, 9.17) is 9.47 Å². The van der Waals surface area contributed by atoms with Crippen molar-refractivity contribution in [1.82, 2.24) is 24.3 Å². The van der Waals surface area contributed by atoms with Gasteiger partial charge in [0, 0.05) is 45.2 Å². The zero-order valence-corrected chi connectivity index (χ0v) is 21.2. The number of rotatable bonds is 9. The number of nitrogens with zero attached hydrogens (tertiary/aromatic N) is 4. The molecule has 0 aliphatic heterocycles. The Morgan fingerprint density at radius 3 is 2.56 bits per heavy atom. The van der Waals surface area contributed by atoms with E-state index in [1.54, 1.807) is 13.2 Å². The van der Waals surface area contributed by atoms with Gasteiger partial charge in [-0.1, -0.05) is 40.4 Å². The predicted molar refractivity (Wildman–Crippen MR) is 129 cm³/mol. The van der Waals surface area contributed by atoms with Crippen molar-refractivity contribution >= 4 is 8.07 Å². The molecule has 2 aromatic heterocycles. The Morgan fingerprint density at radius 1 is 1.19 bits per heavy atom. The van der Waals surface area contributed by atoms with Gasteiger partial charge in [-0.15, -0.1) is 0 Å². The van der Waals surface area contributed by atoms with Gasteiger partial charge in [0.25, 0.3) is 0 Å². The molecule has 8 nitrogen and oxygen atoms in total. The Bertz CT molecular complexity index is 1100. The van der Waals surface area contributed by atoms with Gasteiger partial charge in [0.15, 0.2) is 5.82 Å². The minimum absolute atomic E-state index is 0.145. The van der Waals surface area contributed by atoms with Crippen LogP contribution >= 0.6 is 0 Å². The molecule has 174 valence electrons. The minimum atomic E-state index is -1.12. The van der Waals surface area contributed by atoms with E-state index in [0.717, 1.165) is 35.4 Å². The molecule has 0 amide bonds. The van der Waals surface area contributed by atoms with Crippen molar-refractivity contribution in [3.63, 3.8) is 0 Å². The third-order valence-corrected chi connectivity index (χ3v) is 7.02. The quantitative estimate of drug-likeness (QED) is 0.385. The number of aromatic nitrogens is 5. The summed E-state index contributed by atoms with van der Waals surface area (Å²) in [5.74, 6) is 2.18. The van der Waals surface area contributed by atoms with Crippen LogP contribution in [0.4, 0.5) is 0 Å². The van der Waals surface area contributed by atoms with Crippen LogP contribution in [0.2, 0.25) is 25.7 Å². The van der Waals surface area contributed by atoms with Crippen LogP contribution in [0.3, 0.4) is 0 Å². The average molecular weight is 458 g/mol. The molecule has 0 saturated carbocycles. The second-order valence-electron chi connectivity index (χ2n) is 10.3. The Hall–Kier alpha value is -2.65. The molecule has 0 radical (unpaired) electrons. The van der Waals surface area contributed by atoms with Crippen LogP contribution in [0.25, 0.3) is 11.4 Å². The molecule has 32 heavy (non-hydrogen) atoms. The average Bonchev–Trinajstić information content (AvgIpc) is 3.29. The molecule has 0 unspecified atom stereocenters. The van der Waals surface area contributed by atoms with Gasteiger partial charge >= 0.3 is 5.69 Å². The van der Waals surface area contributed by atoms with Crippen LogP contribution in [0.1, 0.15) is 32.2 Å². The van der Waals surface area contributed by atoms with Crippen molar-refractivity contribution in [2.45, 2.75) is 65.2 Å². The van der Waals surface area contributed by atoms with Gasteiger partial charge in [-0.3, -0.25) is 4.57 Å². The Kier molecular flexibility index (Phi) is 7.09. The minimum Gasteiger partial charge on any atom is -0.485 e. The van der Waals surface area contributed by atoms with Crippen molar-refractivity contribution in [2.24, 2.45) is 7.05 Å². The van der Waals surface area contributed by atoms with E-state index in [1.165, 1.54) is 4.57 Å². The van der Waals surface area contributed by atoms with E-state index in [9.17, 15) is 4.79 Å². The number of H-pyrrole nitrogens is 1. The van der Waals surface area contributed by atoms with Crippen LogP contribution in [0.5, 0.6) is 5.75 Å². The van der Waals surface area contributed by atoms with E-state index >= 15 is 0 Å².